The third kappa shape index (κ3) is 6.17. The minimum absolute atomic E-state index is 0.163. The van der Waals surface area contributed by atoms with Gasteiger partial charge in [0.15, 0.2) is 5.96 Å². The van der Waals surface area contributed by atoms with Crippen molar-refractivity contribution in [1.82, 2.24) is 20.4 Å². The molecule has 1 atom stereocenters. The number of amides is 1. The Hall–Kier alpha value is -1.30. The maximum absolute atomic E-state index is 11.6. The number of aliphatic imine (C=N–C) groups is 1. The molecular weight excluding hydrogens is 314 g/mol. The molecule has 144 valence electrons. The highest BCUT2D eigenvalue weighted by molar-refractivity contribution is 5.80. The number of rotatable bonds is 6. The smallest absolute Gasteiger partial charge is 0.220 e. The van der Waals surface area contributed by atoms with Gasteiger partial charge in [0.1, 0.15) is 0 Å². The third-order valence-electron chi connectivity index (χ3n) is 5.61. The quantitative estimate of drug-likeness (QED) is 0.565. The topological polar surface area (TPSA) is 60.0 Å². The van der Waals surface area contributed by atoms with E-state index in [-0.39, 0.29) is 5.91 Å². The van der Waals surface area contributed by atoms with Crippen LogP contribution < -0.4 is 10.6 Å². The van der Waals surface area contributed by atoms with E-state index in [0.717, 1.165) is 51.5 Å². The number of carbonyl (C=O) groups excluding carboxylic acids is 1. The number of nitrogens with one attached hydrogen (secondary N) is 2. The van der Waals surface area contributed by atoms with Crippen LogP contribution in [0.5, 0.6) is 0 Å². The summed E-state index contributed by atoms with van der Waals surface area (Å²) in [6.07, 6.45) is 6.73. The Kier molecular flexibility index (Phi) is 8.52. The van der Waals surface area contributed by atoms with Crippen molar-refractivity contribution >= 4 is 11.9 Å². The molecule has 0 aromatic heterocycles. The maximum Gasteiger partial charge on any atom is 0.220 e. The summed E-state index contributed by atoms with van der Waals surface area (Å²) >= 11 is 0. The fourth-order valence-corrected chi connectivity index (χ4v) is 4.01. The van der Waals surface area contributed by atoms with Gasteiger partial charge in [0.25, 0.3) is 0 Å². The number of piperidine rings is 2. The molecule has 0 bridgehead atoms. The predicted octanol–water partition coefficient (Wildman–Crippen LogP) is 1.67. The number of likely N-dealkylation sites (N-methyl/N-ethyl adjacent to an activating group) is 1. The molecule has 0 spiro atoms. The summed E-state index contributed by atoms with van der Waals surface area (Å²) in [5.74, 6) is 1.73. The number of likely N-dealkylation sites (tertiary alicyclic amines) is 2. The van der Waals surface area contributed by atoms with Gasteiger partial charge in [-0.1, -0.05) is 13.3 Å². The van der Waals surface area contributed by atoms with Crippen LogP contribution >= 0.6 is 0 Å². The number of hydrogen-bond donors (Lipinski definition) is 2. The largest absolute Gasteiger partial charge is 0.359 e. The highest BCUT2D eigenvalue weighted by Gasteiger charge is 2.24. The molecular formula is C19H37N5O. The van der Waals surface area contributed by atoms with E-state index >= 15 is 0 Å². The van der Waals surface area contributed by atoms with Gasteiger partial charge in [0.2, 0.25) is 5.91 Å². The van der Waals surface area contributed by atoms with Crippen LogP contribution in [0.4, 0.5) is 0 Å². The average Bonchev–Trinajstić information content (AvgIpc) is 2.66. The van der Waals surface area contributed by atoms with Crippen LogP contribution in [0.1, 0.15) is 52.4 Å². The molecule has 2 rings (SSSR count). The van der Waals surface area contributed by atoms with Gasteiger partial charge in [-0.3, -0.25) is 14.7 Å². The molecule has 0 radical (unpaired) electrons. The normalized spacial score (nSPS) is 23.6. The number of hydrogen-bond acceptors (Lipinski definition) is 3. The van der Waals surface area contributed by atoms with Crippen molar-refractivity contribution < 1.29 is 4.79 Å². The number of carbonyl (C=O) groups is 1. The highest BCUT2D eigenvalue weighted by atomic mass is 16.1. The molecule has 1 amide bonds. The summed E-state index contributed by atoms with van der Waals surface area (Å²) in [4.78, 5) is 21.5. The number of guanidine groups is 1. The SMILES string of the molecule is CCNC(=NCC1CCCCN1CC)N1CCC(CC(=O)NC)CC1. The lowest BCUT2D eigenvalue weighted by molar-refractivity contribution is -0.121. The van der Waals surface area contributed by atoms with Crippen molar-refractivity contribution in [2.24, 2.45) is 10.9 Å². The van der Waals surface area contributed by atoms with Gasteiger partial charge in [-0.2, -0.15) is 0 Å². The Labute approximate surface area is 153 Å². The molecule has 1 unspecified atom stereocenters. The minimum Gasteiger partial charge on any atom is -0.359 e. The molecule has 25 heavy (non-hydrogen) atoms. The third-order valence-corrected chi connectivity index (χ3v) is 5.61. The molecule has 6 heteroatoms. The Morgan fingerprint density at radius 1 is 1.12 bits per heavy atom. The van der Waals surface area contributed by atoms with E-state index in [9.17, 15) is 4.79 Å². The second-order valence-electron chi connectivity index (χ2n) is 7.28. The first-order valence-electron chi connectivity index (χ1n) is 10.2. The highest BCUT2D eigenvalue weighted by Crippen LogP contribution is 2.21. The van der Waals surface area contributed by atoms with Crippen molar-refractivity contribution in [2.45, 2.75) is 58.4 Å². The van der Waals surface area contributed by atoms with Gasteiger partial charge >= 0.3 is 0 Å². The van der Waals surface area contributed by atoms with E-state index < -0.39 is 0 Å². The Balaban J connectivity index is 1.88. The zero-order valence-corrected chi connectivity index (χ0v) is 16.4. The summed E-state index contributed by atoms with van der Waals surface area (Å²) in [5, 5.41) is 6.21. The van der Waals surface area contributed by atoms with Crippen molar-refractivity contribution in [3.63, 3.8) is 0 Å². The summed E-state index contributed by atoms with van der Waals surface area (Å²) in [7, 11) is 1.72. The number of nitrogens with zero attached hydrogens (tertiary/aromatic N) is 3. The van der Waals surface area contributed by atoms with Crippen LogP contribution in [0.15, 0.2) is 4.99 Å². The first-order valence-corrected chi connectivity index (χ1v) is 10.2. The molecule has 2 fully saturated rings. The summed E-state index contributed by atoms with van der Waals surface area (Å²) in [6, 6.07) is 0.596. The van der Waals surface area contributed by atoms with E-state index in [2.05, 4.69) is 34.3 Å². The molecule has 2 aliphatic rings. The molecule has 2 N–H and O–H groups in total. The molecule has 2 heterocycles. The van der Waals surface area contributed by atoms with E-state index in [1.54, 1.807) is 7.05 Å². The standard InChI is InChI=1S/C19H37N5O/c1-4-21-19(22-15-17-8-6-7-11-23(17)5-2)24-12-9-16(10-13-24)14-18(25)20-3/h16-17H,4-15H2,1-3H3,(H,20,25)(H,21,22). The zero-order valence-electron chi connectivity index (χ0n) is 16.4. The molecule has 2 saturated heterocycles. The molecule has 0 aliphatic carbocycles. The van der Waals surface area contributed by atoms with Crippen molar-refractivity contribution in [3.8, 4) is 0 Å². The van der Waals surface area contributed by atoms with E-state index in [4.69, 9.17) is 4.99 Å². The maximum atomic E-state index is 11.6. The molecule has 6 nitrogen and oxygen atoms in total. The fraction of sp³-hybridized carbons (Fsp3) is 0.895. The summed E-state index contributed by atoms with van der Waals surface area (Å²) < 4.78 is 0. The van der Waals surface area contributed by atoms with Gasteiger partial charge in [-0.15, -0.1) is 0 Å². The lowest BCUT2D eigenvalue weighted by Gasteiger charge is -2.36. The van der Waals surface area contributed by atoms with Gasteiger partial charge in [-0.05, 0) is 51.6 Å². The zero-order chi connectivity index (χ0) is 18.1. The van der Waals surface area contributed by atoms with E-state index in [1.165, 1.54) is 25.8 Å². The van der Waals surface area contributed by atoms with Gasteiger partial charge in [0, 0.05) is 39.1 Å². The first kappa shape index (κ1) is 20.0. The Morgan fingerprint density at radius 2 is 1.88 bits per heavy atom. The van der Waals surface area contributed by atoms with E-state index in [1.807, 2.05) is 0 Å². The van der Waals surface area contributed by atoms with Crippen molar-refractivity contribution in [3.05, 3.63) is 0 Å². The minimum atomic E-state index is 0.163. The predicted molar refractivity (Wildman–Crippen MR) is 104 cm³/mol. The van der Waals surface area contributed by atoms with Gasteiger partial charge in [0.05, 0.1) is 6.54 Å². The van der Waals surface area contributed by atoms with Crippen LogP contribution in [0, 0.1) is 5.92 Å². The Morgan fingerprint density at radius 3 is 2.52 bits per heavy atom. The van der Waals surface area contributed by atoms with Crippen molar-refractivity contribution in [1.29, 1.82) is 0 Å². The molecule has 0 saturated carbocycles. The van der Waals surface area contributed by atoms with Crippen LogP contribution in [-0.4, -0.2) is 74.0 Å². The fourth-order valence-electron chi connectivity index (χ4n) is 4.01. The monoisotopic (exact) mass is 351 g/mol. The van der Waals surface area contributed by atoms with Gasteiger partial charge < -0.3 is 15.5 Å². The summed E-state index contributed by atoms with van der Waals surface area (Å²) in [6.45, 7) is 10.5. The van der Waals surface area contributed by atoms with Crippen molar-refractivity contribution in [2.75, 3.05) is 46.3 Å². The first-order chi connectivity index (χ1) is 12.2. The Bertz CT molecular complexity index is 432. The molecule has 2 aliphatic heterocycles. The molecule has 0 aromatic rings. The van der Waals surface area contributed by atoms with Crippen LogP contribution in [0.2, 0.25) is 0 Å². The second-order valence-corrected chi connectivity index (χ2v) is 7.28. The lowest BCUT2D eigenvalue weighted by Crippen LogP contribution is -2.47. The van der Waals surface area contributed by atoms with Crippen LogP contribution in [-0.2, 0) is 4.79 Å². The lowest BCUT2D eigenvalue weighted by atomic mass is 9.93. The van der Waals surface area contributed by atoms with Crippen LogP contribution in [0.25, 0.3) is 0 Å². The van der Waals surface area contributed by atoms with Crippen LogP contribution in [0.3, 0.4) is 0 Å². The van der Waals surface area contributed by atoms with Gasteiger partial charge in [-0.25, -0.2) is 0 Å². The second kappa shape index (κ2) is 10.6. The average molecular weight is 352 g/mol. The molecule has 0 aromatic carbocycles. The van der Waals surface area contributed by atoms with E-state index in [0.29, 0.717) is 18.4 Å². The summed E-state index contributed by atoms with van der Waals surface area (Å²) in [5.41, 5.74) is 0.